The summed E-state index contributed by atoms with van der Waals surface area (Å²) in [5.41, 5.74) is 5.58. The zero-order valence-electron chi connectivity index (χ0n) is 14.0. The largest absolute Gasteiger partial charge is 0.379 e. The molecule has 1 aromatic heterocycles. The van der Waals surface area contributed by atoms with E-state index in [1.807, 2.05) is 4.90 Å². The summed E-state index contributed by atoms with van der Waals surface area (Å²) in [5.74, 6) is 0.419. The molecule has 1 aromatic rings. The van der Waals surface area contributed by atoms with E-state index in [1.165, 1.54) is 0 Å². The van der Waals surface area contributed by atoms with Gasteiger partial charge in [0.05, 0.1) is 31.4 Å². The molecule has 0 saturated carbocycles. The Morgan fingerprint density at radius 2 is 1.76 bits per heavy atom. The highest BCUT2D eigenvalue weighted by Crippen LogP contribution is 2.32. The van der Waals surface area contributed by atoms with Crippen molar-refractivity contribution in [2.24, 2.45) is 0 Å². The number of nitrogens with zero attached hydrogens (tertiary/aromatic N) is 5. The van der Waals surface area contributed by atoms with Crippen LogP contribution in [0.1, 0.15) is 0 Å². The number of ether oxygens (including phenoxy) is 2. The highest BCUT2D eigenvalue weighted by atomic mass is 16.6. The molecule has 0 atom stereocenters. The van der Waals surface area contributed by atoms with Crippen LogP contribution in [0.3, 0.4) is 0 Å². The molecule has 2 saturated heterocycles. The maximum atomic E-state index is 11.4. The van der Waals surface area contributed by atoms with Gasteiger partial charge in [-0.05, 0) is 0 Å². The maximum Gasteiger partial charge on any atom is 0.353 e. The molecule has 0 bridgehead atoms. The lowest BCUT2D eigenvalue weighted by Crippen LogP contribution is -2.39. The number of nitrogen functional groups attached to an aromatic ring is 1. The van der Waals surface area contributed by atoms with Crippen LogP contribution in [0.25, 0.3) is 0 Å². The second-order valence-electron chi connectivity index (χ2n) is 5.84. The second kappa shape index (κ2) is 8.23. The maximum absolute atomic E-state index is 11.4. The molecule has 0 radical (unpaired) electrons. The van der Waals surface area contributed by atoms with Gasteiger partial charge in [0.1, 0.15) is 0 Å². The number of nitrogens with two attached hydrogens (primary N) is 1. The summed E-state index contributed by atoms with van der Waals surface area (Å²) in [4.78, 5) is 23.3. The highest BCUT2D eigenvalue weighted by Gasteiger charge is 2.28. The van der Waals surface area contributed by atoms with Crippen LogP contribution < -0.4 is 16.0 Å². The van der Waals surface area contributed by atoms with Crippen molar-refractivity contribution in [1.82, 2.24) is 14.9 Å². The number of morpholine rings is 2. The van der Waals surface area contributed by atoms with Crippen molar-refractivity contribution in [3.05, 3.63) is 10.1 Å². The quantitative estimate of drug-likeness (QED) is 0.512. The van der Waals surface area contributed by atoms with Crippen molar-refractivity contribution in [1.29, 1.82) is 0 Å². The van der Waals surface area contributed by atoms with Crippen LogP contribution in [-0.2, 0) is 9.47 Å². The molecule has 3 N–H and O–H groups in total. The summed E-state index contributed by atoms with van der Waals surface area (Å²) in [5, 5.41) is 14.5. The Morgan fingerprint density at radius 3 is 2.40 bits per heavy atom. The van der Waals surface area contributed by atoms with E-state index in [0.717, 1.165) is 32.8 Å². The monoisotopic (exact) mass is 353 g/mol. The number of aromatic nitrogens is 2. The van der Waals surface area contributed by atoms with E-state index < -0.39 is 4.92 Å². The summed E-state index contributed by atoms with van der Waals surface area (Å²) in [6, 6.07) is 0. The lowest BCUT2D eigenvalue weighted by atomic mass is 10.3. The first kappa shape index (κ1) is 17.6. The number of nitro groups is 1. The summed E-state index contributed by atoms with van der Waals surface area (Å²) in [7, 11) is 0. The van der Waals surface area contributed by atoms with Crippen molar-refractivity contribution < 1.29 is 14.4 Å². The fraction of sp³-hybridized carbons (Fsp3) is 0.714. The molecule has 3 heterocycles. The second-order valence-corrected chi connectivity index (χ2v) is 5.84. The van der Waals surface area contributed by atoms with Gasteiger partial charge in [0.15, 0.2) is 0 Å². The number of nitrogens with one attached hydrogen (secondary N) is 1. The van der Waals surface area contributed by atoms with Crippen LogP contribution in [0.4, 0.5) is 23.3 Å². The van der Waals surface area contributed by atoms with Crippen molar-refractivity contribution >= 4 is 23.3 Å². The Labute approximate surface area is 145 Å². The molecule has 0 spiro atoms. The predicted octanol–water partition coefficient (Wildman–Crippen LogP) is -0.452. The van der Waals surface area contributed by atoms with Crippen LogP contribution in [0.2, 0.25) is 0 Å². The zero-order chi connectivity index (χ0) is 17.6. The third kappa shape index (κ3) is 4.44. The third-order valence-corrected chi connectivity index (χ3v) is 4.20. The van der Waals surface area contributed by atoms with Gasteiger partial charge in [-0.1, -0.05) is 0 Å². The Kier molecular flexibility index (Phi) is 5.79. The Balaban J connectivity index is 1.70. The minimum Gasteiger partial charge on any atom is -0.379 e. The minimum absolute atomic E-state index is 0.129. The molecule has 2 fully saturated rings. The number of hydrogen-bond donors (Lipinski definition) is 2. The van der Waals surface area contributed by atoms with Gasteiger partial charge in [-0.25, -0.2) is 0 Å². The van der Waals surface area contributed by atoms with Crippen molar-refractivity contribution in [3.63, 3.8) is 0 Å². The van der Waals surface area contributed by atoms with Crippen LogP contribution >= 0.6 is 0 Å². The summed E-state index contributed by atoms with van der Waals surface area (Å²) in [6.45, 7) is 6.77. The van der Waals surface area contributed by atoms with Gasteiger partial charge in [0.2, 0.25) is 17.6 Å². The average Bonchev–Trinajstić information content (AvgIpc) is 2.62. The molecule has 2 aliphatic rings. The molecule has 0 unspecified atom stereocenters. The zero-order valence-corrected chi connectivity index (χ0v) is 14.0. The predicted molar refractivity (Wildman–Crippen MR) is 91.9 cm³/mol. The topological polar surface area (TPSA) is 132 Å². The van der Waals surface area contributed by atoms with E-state index in [9.17, 15) is 10.1 Å². The Hall–Kier alpha value is -2.24. The molecule has 11 heteroatoms. The van der Waals surface area contributed by atoms with Gasteiger partial charge < -0.3 is 25.4 Å². The van der Waals surface area contributed by atoms with Crippen LogP contribution in [-0.4, -0.2) is 85.5 Å². The molecular weight excluding hydrogens is 330 g/mol. The van der Waals surface area contributed by atoms with E-state index in [-0.39, 0.29) is 17.3 Å². The van der Waals surface area contributed by atoms with Gasteiger partial charge in [0.25, 0.3) is 0 Å². The standard InChI is InChI=1S/C14H23N7O4/c15-12-11(21(22)23)13(20-5-9-25-10-6-20)18-14(17-12)16-1-2-19-3-7-24-8-4-19/h1-10H2,(H3,15,16,17,18). The SMILES string of the molecule is Nc1nc(NCCN2CCOCC2)nc(N2CCOCC2)c1[N+](=O)[O-]. The fourth-order valence-electron chi connectivity index (χ4n) is 2.86. The Morgan fingerprint density at radius 1 is 1.12 bits per heavy atom. The number of anilines is 3. The van der Waals surface area contributed by atoms with E-state index in [4.69, 9.17) is 15.2 Å². The van der Waals surface area contributed by atoms with Crippen LogP contribution in [0.15, 0.2) is 0 Å². The third-order valence-electron chi connectivity index (χ3n) is 4.20. The smallest absolute Gasteiger partial charge is 0.353 e. The normalized spacial score (nSPS) is 19.0. The van der Waals surface area contributed by atoms with Gasteiger partial charge in [-0.3, -0.25) is 15.0 Å². The lowest BCUT2D eigenvalue weighted by Gasteiger charge is -2.28. The first-order valence-electron chi connectivity index (χ1n) is 8.33. The van der Waals surface area contributed by atoms with E-state index in [2.05, 4.69) is 20.2 Å². The first-order chi connectivity index (χ1) is 12.1. The minimum atomic E-state index is -0.530. The van der Waals surface area contributed by atoms with Gasteiger partial charge >= 0.3 is 5.69 Å². The molecule has 2 aliphatic heterocycles. The molecule has 0 amide bonds. The average molecular weight is 353 g/mol. The van der Waals surface area contributed by atoms with Crippen molar-refractivity contribution in [2.45, 2.75) is 0 Å². The summed E-state index contributed by atoms with van der Waals surface area (Å²) >= 11 is 0. The summed E-state index contributed by atoms with van der Waals surface area (Å²) in [6.07, 6.45) is 0. The summed E-state index contributed by atoms with van der Waals surface area (Å²) < 4.78 is 10.6. The molecular formula is C14H23N7O4. The molecule has 0 aliphatic carbocycles. The Bertz CT molecular complexity index is 603. The molecule has 3 rings (SSSR count). The van der Waals surface area contributed by atoms with E-state index >= 15 is 0 Å². The highest BCUT2D eigenvalue weighted by molar-refractivity contribution is 5.71. The molecule has 138 valence electrons. The molecule has 0 aromatic carbocycles. The van der Waals surface area contributed by atoms with Crippen LogP contribution in [0.5, 0.6) is 0 Å². The van der Waals surface area contributed by atoms with Crippen molar-refractivity contribution in [2.75, 3.05) is 81.6 Å². The lowest BCUT2D eigenvalue weighted by molar-refractivity contribution is -0.383. The van der Waals surface area contributed by atoms with E-state index in [0.29, 0.717) is 38.8 Å². The van der Waals surface area contributed by atoms with Gasteiger partial charge in [0, 0.05) is 39.3 Å². The molecule has 11 nitrogen and oxygen atoms in total. The van der Waals surface area contributed by atoms with Crippen LogP contribution in [0, 0.1) is 10.1 Å². The van der Waals surface area contributed by atoms with Gasteiger partial charge in [-0.15, -0.1) is 0 Å². The molecule has 25 heavy (non-hydrogen) atoms. The van der Waals surface area contributed by atoms with Gasteiger partial charge in [-0.2, -0.15) is 9.97 Å². The number of hydrogen-bond acceptors (Lipinski definition) is 10. The van der Waals surface area contributed by atoms with Crippen molar-refractivity contribution in [3.8, 4) is 0 Å². The first-order valence-corrected chi connectivity index (χ1v) is 8.33. The fourth-order valence-corrected chi connectivity index (χ4v) is 2.86. The van der Waals surface area contributed by atoms with E-state index in [1.54, 1.807) is 0 Å². The number of rotatable bonds is 6.